The third kappa shape index (κ3) is 4.79. The number of esters is 1. The Hall–Kier alpha value is -2.58. The van der Waals surface area contributed by atoms with E-state index in [1.807, 2.05) is 6.07 Å². The number of ether oxygens (including phenoxy) is 1. The van der Waals surface area contributed by atoms with Crippen molar-refractivity contribution in [2.45, 2.75) is 6.18 Å². The molecule has 1 aliphatic heterocycles. The van der Waals surface area contributed by atoms with Crippen molar-refractivity contribution in [2.24, 2.45) is 4.99 Å². The molecule has 6 nitrogen and oxygen atoms in total. The van der Waals surface area contributed by atoms with E-state index in [-0.39, 0.29) is 5.97 Å². The highest BCUT2D eigenvalue weighted by atomic mass is 19.4. The Kier molecular flexibility index (Phi) is 5.28. The minimum absolute atomic E-state index is 0.339. The molecule has 0 saturated heterocycles. The average molecular weight is 304 g/mol. The summed E-state index contributed by atoms with van der Waals surface area (Å²) < 4.78 is 36.4. The predicted octanol–water partition coefficient (Wildman–Crippen LogP) is 2.23. The molecule has 9 heteroatoms. The Labute approximate surface area is 117 Å². The molecule has 1 aliphatic rings. The second kappa shape index (κ2) is 6.73. The van der Waals surface area contributed by atoms with E-state index in [0.717, 1.165) is 17.9 Å². The van der Waals surface area contributed by atoms with Gasteiger partial charge in [0, 0.05) is 6.21 Å². The maximum atomic E-state index is 11.2. The van der Waals surface area contributed by atoms with Crippen LogP contribution in [0, 0.1) is 0 Å². The van der Waals surface area contributed by atoms with E-state index in [1.165, 1.54) is 7.11 Å². The molecule has 2 N–H and O–H groups in total. The number of nitrogens with one attached hydrogen (secondary N) is 1. The Morgan fingerprint density at radius 1 is 1.38 bits per heavy atom. The van der Waals surface area contributed by atoms with Crippen molar-refractivity contribution >= 4 is 29.5 Å². The van der Waals surface area contributed by atoms with Gasteiger partial charge in [-0.2, -0.15) is 13.2 Å². The zero-order valence-electron chi connectivity index (χ0n) is 10.8. The maximum absolute atomic E-state index is 11.2. The summed E-state index contributed by atoms with van der Waals surface area (Å²) in [5.74, 6) is -3.10. The van der Waals surface area contributed by atoms with Crippen LogP contribution in [-0.4, -0.2) is 43.1 Å². The van der Waals surface area contributed by atoms with Crippen LogP contribution in [0.3, 0.4) is 0 Å². The number of hydrogen-bond donors (Lipinski definition) is 2. The molecule has 0 saturated carbocycles. The SMILES string of the molecule is COC(=O)c1ccc2c(c1)N=CCN2.O=C(O)C(F)(F)F. The molecule has 0 aliphatic carbocycles. The number of rotatable bonds is 1. The van der Waals surface area contributed by atoms with Crippen molar-refractivity contribution in [3.05, 3.63) is 23.8 Å². The summed E-state index contributed by atoms with van der Waals surface area (Å²) in [6, 6.07) is 5.26. The molecule has 2 rings (SSSR count). The topological polar surface area (TPSA) is 88.0 Å². The van der Waals surface area contributed by atoms with E-state index in [1.54, 1.807) is 18.3 Å². The van der Waals surface area contributed by atoms with Crippen molar-refractivity contribution in [2.75, 3.05) is 19.0 Å². The van der Waals surface area contributed by atoms with Crippen LogP contribution in [0.25, 0.3) is 0 Å². The highest BCUT2D eigenvalue weighted by molar-refractivity contribution is 5.93. The van der Waals surface area contributed by atoms with Crippen molar-refractivity contribution < 1.29 is 32.6 Å². The minimum atomic E-state index is -5.08. The lowest BCUT2D eigenvalue weighted by Gasteiger charge is -2.12. The van der Waals surface area contributed by atoms with Crippen molar-refractivity contribution in [3.63, 3.8) is 0 Å². The van der Waals surface area contributed by atoms with E-state index in [2.05, 4.69) is 15.0 Å². The van der Waals surface area contributed by atoms with Crippen LogP contribution < -0.4 is 5.32 Å². The minimum Gasteiger partial charge on any atom is -0.475 e. The molecule has 1 aromatic rings. The standard InChI is InChI=1S/C10H10N2O2.C2HF3O2/c1-14-10(13)7-2-3-8-9(6-7)12-5-4-11-8;3-2(4,5)1(6)7/h2-3,5-6,11H,4H2,1H3;(H,6,7). The summed E-state index contributed by atoms with van der Waals surface area (Å²) in [5.41, 5.74) is 2.24. The van der Waals surface area contributed by atoms with E-state index < -0.39 is 12.1 Å². The number of alkyl halides is 3. The van der Waals surface area contributed by atoms with Crippen LogP contribution in [0.15, 0.2) is 23.2 Å². The average Bonchev–Trinajstić information content (AvgIpc) is 2.45. The molecule has 1 aromatic carbocycles. The van der Waals surface area contributed by atoms with Crippen LogP contribution in [0.1, 0.15) is 10.4 Å². The van der Waals surface area contributed by atoms with Crippen LogP contribution in [0.5, 0.6) is 0 Å². The van der Waals surface area contributed by atoms with Gasteiger partial charge in [0.05, 0.1) is 30.6 Å². The number of anilines is 1. The van der Waals surface area contributed by atoms with Crippen LogP contribution >= 0.6 is 0 Å². The summed E-state index contributed by atoms with van der Waals surface area (Å²) >= 11 is 0. The normalized spacial score (nSPS) is 12.4. The van der Waals surface area contributed by atoms with Gasteiger partial charge in [-0.15, -0.1) is 0 Å². The van der Waals surface area contributed by atoms with Crippen molar-refractivity contribution in [3.8, 4) is 0 Å². The lowest BCUT2D eigenvalue weighted by atomic mass is 10.1. The number of aliphatic imine (C=N–C) groups is 1. The number of fused-ring (bicyclic) bond motifs is 1. The summed E-state index contributed by atoms with van der Waals surface area (Å²) in [7, 11) is 1.36. The Morgan fingerprint density at radius 2 is 2.00 bits per heavy atom. The lowest BCUT2D eigenvalue weighted by Crippen LogP contribution is -2.21. The number of carbonyl (C=O) groups excluding carboxylic acids is 1. The summed E-state index contributed by atoms with van der Waals surface area (Å²) in [6.07, 6.45) is -3.32. The molecule has 114 valence electrons. The van der Waals surface area contributed by atoms with Gasteiger partial charge in [-0.05, 0) is 18.2 Å². The van der Waals surface area contributed by atoms with E-state index in [9.17, 15) is 18.0 Å². The predicted molar refractivity (Wildman–Crippen MR) is 68.1 cm³/mol. The molecule has 0 spiro atoms. The third-order valence-electron chi connectivity index (χ3n) is 2.28. The molecular weight excluding hydrogens is 293 g/mol. The van der Waals surface area contributed by atoms with Gasteiger partial charge in [0.2, 0.25) is 0 Å². The number of benzene rings is 1. The van der Waals surface area contributed by atoms with Gasteiger partial charge >= 0.3 is 18.1 Å². The molecule has 0 amide bonds. The van der Waals surface area contributed by atoms with E-state index >= 15 is 0 Å². The van der Waals surface area contributed by atoms with Crippen molar-refractivity contribution in [1.82, 2.24) is 0 Å². The molecule has 0 unspecified atom stereocenters. The molecule has 1 heterocycles. The zero-order chi connectivity index (χ0) is 16.0. The molecule has 21 heavy (non-hydrogen) atoms. The zero-order valence-corrected chi connectivity index (χ0v) is 10.8. The monoisotopic (exact) mass is 304 g/mol. The second-order valence-electron chi connectivity index (χ2n) is 3.72. The first-order valence-electron chi connectivity index (χ1n) is 5.54. The third-order valence-corrected chi connectivity index (χ3v) is 2.28. The highest BCUT2D eigenvalue weighted by Gasteiger charge is 2.38. The first-order valence-corrected chi connectivity index (χ1v) is 5.54. The van der Waals surface area contributed by atoms with Gasteiger partial charge in [0.1, 0.15) is 0 Å². The van der Waals surface area contributed by atoms with Crippen molar-refractivity contribution in [1.29, 1.82) is 0 Å². The number of carboxylic acids is 1. The maximum Gasteiger partial charge on any atom is 0.490 e. The summed E-state index contributed by atoms with van der Waals surface area (Å²) in [5, 5.41) is 10.3. The highest BCUT2D eigenvalue weighted by Crippen LogP contribution is 2.27. The van der Waals surface area contributed by atoms with Gasteiger partial charge in [-0.1, -0.05) is 0 Å². The number of aliphatic carboxylic acids is 1. The number of nitrogens with zero attached hydrogens (tertiary/aromatic N) is 1. The van der Waals surface area contributed by atoms with Crippen LogP contribution in [0.4, 0.5) is 24.5 Å². The fourth-order valence-electron chi connectivity index (χ4n) is 1.33. The number of hydrogen-bond acceptors (Lipinski definition) is 5. The van der Waals surface area contributed by atoms with Gasteiger partial charge in [0.25, 0.3) is 0 Å². The smallest absolute Gasteiger partial charge is 0.475 e. The second-order valence-corrected chi connectivity index (χ2v) is 3.72. The van der Waals surface area contributed by atoms with E-state index in [4.69, 9.17) is 9.90 Å². The summed E-state index contributed by atoms with van der Waals surface area (Å²) in [6.45, 7) is 0.727. The first kappa shape index (κ1) is 16.5. The Balaban J connectivity index is 0.000000270. The molecule has 0 fully saturated rings. The van der Waals surface area contributed by atoms with Gasteiger partial charge in [-0.3, -0.25) is 4.99 Å². The van der Waals surface area contributed by atoms with Crippen LogP contribution in [0.2, 0.25) is 0 Å². The summed E-state index contributed by atoms with van der Waals surface area (Å²) in [4.78, 5) is 24.3. The molecule has 0 bridgehead atoms. The lowest BCUT2D eigenvalue weighted by molar-refractivity contribution is -0.192. The molecule has 0 atom stereocenters. The first-order chi connectivity index (χ1) is 9.75. The molecule has 0 radical (unpaired) electrons. The molecular formula is C12H11F3N2O4. The quantitative estimate of drug-likeness (QED) is 0.777. The number of carboxylic acid groups (broad SMARTS) is 1. The number of methoxy groups -OCH3 is 1. The van der Waals surface area contributed by atoms with E-state index in [0.29, 0.717) is 5.56 Å². The number of halogens is 3. The van der Waals surface area contributed by atoms with Gasteiger partial charge in [-0.25, -0.2) is 9.59 Å². The van der Waals surface area contributed by atoms with Gasteiger partial charge in [0.15, 0.2) is 0 Å². The van der Waals surface area contributed by atoms with Crippen LogP contribution in [-0.2, 0) is 9.53 Å². The Morgan fingerprint density at radius 3 is 2.52 bits per heavy atom. The fourth-order valence-corrected chi connectivity index (χ4v) is 1.33. The van der Waals surface area contributed by atoms with Gasteiger partial charge < -0.3 is 15.2 Å². The fraction of sp³-hybridized carbons (Fsp3) is 0.250. The Bertz CT molecular complexity index is 570. The number of carbonyl (C=O) groups is 2. The largest absolute Gasteiger partial charge is 0.490 e. The molecule has 0 aromatic heterocycles.